The van der Waals surface area contributed by atoms with Gasteiger partial charge in [-0.15, -0.1) is 11.3 Å². The molecule has 158 valence electrons. The highest BCUT2D eigenvalue weighted by Gasteiger charge is 2.44. The van der Waals surface area contributed by atoms with Crippen molar-refractivity contribution in [3.63, 3.8) is 0 Å². The minimum absolute atomic E-state index is 0.0477. The van der Waals surface area contributed by atoms with Gasteiger partial charge in [-0.05, 0) is 23.6 Å². The topological polar surface area (TPSA) is 80.2 Å². The van der Waals surface area contributed by atoms with E-state index in [2.05, 4.69) is 10.5 Å². The number of thiophene rings is 1. The Labute approximate surface area is 181 Å². The van der Waals surface area contributed by atoms with Gasteiger partial charge in [-0.1, -0.05) is 28.9 Å². The predicted octanol–water partition coefficient (Wildman–Crippen LogP) is 4.18. The number of ether oxygens (including phenoxy) is 1. The van der Waals surface area contributed by atoms with Crippen molar-refractivity contribution in [3.05, 3.63) is 57.0 Å². The van der Waals surface area contributed by atoms with E-state index in [9.17, 15) is 14.0 Å². The molecular formula is C20H19ClFN3O4S. The van der Waals surface area contributed by atoms with Crippen LogP contribution in [-0.2, 0) is 16.1 Å². The number of benzene rings is 1. The maximum Gasteiger partial charge on any atom is 0.414 e. The average Bonchev–Trinajstić information content (AvgIpc) is 3.39. The molecule has 1 saturated heterocycles. The van der Waals surface area contributed by atoms with E-state index < -0.39 is 23.4 Å². The summed E-state index contributed by atoms with van der Waals surface area (Å²) in [4.78, 5) is 32.7. The zero-order chi connectivity index (χ0) is 21.1. The van der Waals surface area contributed by atoms with Crippen LogP contribution in [0.25, 0.3) is 0 Å². The molecule has 2 aliphatic heterocycles. The van der Waals surface area contributed by atoms with E-state index >= 15 is 0 Å². The highest BCUT2D eigenvalue weighted by atomic mass is 35.5. The molecule has 1 spiro atoms. The fraction of sp³-hybridized carbons (Fsp3) is 0.350. The molecule has 2 aliphatic rings. The minimum atomic E-state index is -0.714. The largest absolute Gasteiger partial charge is 0.414 e. The molecule has 1 aromatic carbocycles. The Hall–Kier alpha value is -2.65. The summed E-state index contributed by atoms with van der Waals surface area (Å²) in [7, 11) is 0. The van der Waals surface area contributed by atoms with Crippen molar-refractivity contribution in [3.8, 4) is 0 Å². The predicted molar refractivity (Wildman–Crippen MR) is 110 cm³/mol. The van der Waals surface area contributed by atoms with Gasteiger partial charge in [0.25, 0.3) is 5.91 Å². The zero-order valence-electron chi connectivity index (χ0n) is 15.9. The number of oxime groups is 1. The number of piperidine rings is 1. The van der Waals surface area contributed by atoms with Crippen LogP contribution in [0.3, 0.4) is 0 Å². The fourth-order valence-electron chi connectivity index (χ4n) is 3.48. The number of carbonyl (C=O) groups excluding carboxylic acids is 2. The molecule has 0 aliphatic carbocycles. The third-order valence-corrected chi connectivity index (χ3v) is 6.32. The van der Waals surface area contributed by atoms with Crippen molar-refractivity contribution < 1.29 is 23.6 Å². The van der Waals surface area contributed by atoms with Crippen molar-refractivity contribution in [1.29, 1.82) is 0 Å². The Morgan fingerprint density at radius 1 is 1.30 bits per heavy atom. The lowest BCUT2D eigenvalue weighted by molar-refractivity contribution is -0.0568. The van der Waals surface area contributed by atoms with E-state index in [-0.39, 0.29) is 16.5 Å². The van der Waals surface area contributed by atoms with Crippen molar-refractivity contribution >= 4 is 40.8 Å². The van der Waals surface area contributed by atoms with Gasteiger partial charge in [-0.25, -0.2) is 9.18 Å². The van der Waals surface area contributed by atoms with Gasteiger partial charge in [-0.2, -0.15) is 0 Å². The van der Waals surface area contributed by atoms with Gasteiger partial charge >= 0.3 is 6.09 Å². The van der Waals surface area contributed by atoms with Gasteiger partial charge in [0.1, 0.15) is 5.60 Å². The molecule has 1 N–H and O–H groups in total. The van der Waals surface area contributed by atoms with Gasteiger partial charge in [0.05, 0.1) is 23.6 Å². The highest BCUT2D eigenvalue weighted by molar-refractivity contribution is 7.09. The first-order valence-electron chi connectivity index (χ1n) is 9.42. The molecule has 2 aromatic rings. The van der Waals surface area contributed by atoms with Gasteiger partial charge in [0, 0.05) is 30.8 Å². The smallest absolute Gasteiger partial charge is 0.392 e. The van der Waals surface area contributed by atoms with Crippen LogP contribution in [0.5, 0.6) is 0 Å². The molecule has 0 bridgehead atoms. The maximum absolute atomic E-state index is 14.2. The van der Waals surface area contributed by atoms with Crippen LogP contribution >= 0.6 is 22.9 Å². The SMILES string of the molecule is O=C(NCc1cccs1)OC1=NOC2(CCN(C(=O)c3cccc(Cl)c3F)CC2)C1. The van der Waals surface area contributed by atoms with E-state index in [1.807, 2.05) is 17.5 Å². The Kier molecular flexibility index (Phi) is 5.92. The number of alkyl carbamates (subject to hydrolysis) is 1. The number of rotatable bonds is 3. The van der Waals surface area contributed by atoms with Crippen molar-refractivity contribution in [2.24, 2.45) is 5.16 Å². The van der Waals surface area contributed by atoms with E-state index in [1.54, 1.807) is 11.0 Å². The third-order valence-electron chi connectivity index (χ3n) is 5.16. The molecule has 1 aromatic heterocycles. The number of halogens is 2. The normalized spacial score (nSPS) is 17.4. The second-order valence-corrected chi connectivity index (χ2v) is 8.59. The van der Waals surface area contributed by atoms with Crippen molar-refractivity contribution in [2.75, 3.05) is 13.1 Å². The van der Waals surface area contributed by atoms with Crippen LogP contribution in [0.15, 0.2) is 40.9 Å². The minimum Gasteiger partial charge on any atom is -0.392 e. The summed E-state index contributed by atoms with van der Waals surface area (Å²) in [5.74, 6) is -0.915. The first-order valence-corrected chi connectivity index (χ1v) is 10.7. The number of nitrogens with zero attached hydrogens (tertiary/aromatic N) is 2. The second-order valence-electron chi connectivity index (χ2n) is 7.15. The fourth-order valence-corrected chi connectivity index (χ4v) is 4.30. The molecule has 1 fully saturated rings. The molecule has 4 rings (SSSR count). The lowest BCUT2D eigenvalue weighted by Gasteiger charge is -2.37. The van der Waals surface area contributed by atoms with Crippen LogP contribution < -0.4 is 5.32 Å². The Bertz CT molecular complexity index is 974. The number of nitrogens with one attached hydrogen (secondary N) is 1. The van der Waals surface area contributed by atoms with E-state index in [4.69, 9.17) is 21.2 Å². The van der Waals surface area contributed by atoms with Crippen LogP contribution in [0.1, 0.15) is 34.5 Å². The van der Waals surface area contributed by atoms with Gasteiger partial charge in [-0.3, -0.25) is 4.79 Å². The molecule has 0 atom stereocenters. The van der Waals surface area contributed by atoms with Crippen LogP contribution in [0.2, 0.25) is 5.02 Å². The lowest BCUT2D eigenvalue weighted by atomic mass is 9.88. The molecule has 0 unspecified atom stereocenters. The van der Waals surface area contributed by atoms with E-state index in [0.717, 1.165) is 4.88 Å². The molecular weight excluding hydrogens is 433 g/mol. The second kappa shape index (κ2) is 8.61. The third kappa shape index (κ3) is 4.41. The van der Waals surface area contributed by atoms with Crippen LogP contribution in [-0.4, -0.2) is 41.5 Å². The zero-order valence-corrected chi connectivity index (χ0v) is 17.5. The summed E-state index contributed by atoms with van der Waals surface area (Å²) in [5, 5.41) is 8.42. The Morgan fingerprint density at radius 2 is 2.10 bits per heavy atom. The summed E-state index contributed by atoms with van der Waals surface area (Å²) < 4.78 is 19.4. The van der Waals surface area contributed by atoms with Gasteiger partial charge in [0.15, 0.2) is 5.82 Å². The van der Waals surface area contributed by atoms with Crippen molar-refractivity contribution in [1.82, 2.24) is 10.2 Å². The average molecular weight is 452 g/mol. The number of carbonyl (C=O) groups is 2. The van der Waals surface area contributed by atoms with E-state index in [1.165, 1.54) is 23.5 Å². The number of likely N-dealkylation sites (tertiary alicyclic amines) is 1. The van der Waals surface area contributed by atoms with Gasteiger partial charge in [0.2, 0.25) is 5.90 Å². The standard InChI is InChI=1S/C20H19ClFN3O4S/c21-15-5-1-4-14(17(15)22)18(26)25-8-6-20(7-9-25)11-16(24-29-20)28-19(27)23-12-13-3-2-10-30-13/h1-5,10H,6-9,11-12H2,(H,23,27). The summed E-state index contributed by atoms with van der Waals surface area (Å²) in [5.41, 5.74) is -0.666. The molecule has 2 amide bonds. The van der Waals surface area contributed by atoms with Crippen LogP contribution in [0.4, 0.5) is 9.18 Å². The molecule has 7 nitrogen and oxygen atoms in total. The summed E-state index contributed by atoms with van der Waals surface area (Å²) in [6.07, 6.45) is 0.738. The Balaban J connectivity index is 1.27. The Morgan fingerprint density at radius 3 is 2.83 bits per heavy atom. The number of amides is 2. The summed E-state index contributed by atoms with van der Waals surface area (Å²) in [6.45, 7) is 1.13. The monoisotopic (exact) mass is 451 g/mol. The lowest BCUT2D eigenvalue weighted by Crippen LogP contribution is -2.47. The van der Waals surface area contributed by atoms with Crippen LogP contribution in [0, 0.1) is 5.82 Å². The molecule has 10 heteroatoms. The molecule has 0 saturated carbocycles. The highest BCUT2D eigenvalue weighted by Crippen LogP contribution is 2.35. The first-order chi connectivity index (χ1) is 14.5. The van der Waals surface area contributed by atoms with Gasteiger partial charge < -0.3 is 19.8 Å². The quantitative estimate of drug-likeness (QED) is 0.759. The summed E-state index contributed by atoms with van der Waals surface area (Å²) in [6, 6.07) is 8.19. The molecule has 30 heavy (non-hydrogen) atoms. The molecule has 3 heterocycles. The molecule has 0 radical (unpaired) electrons. The first kappa shape index (κ1) is 20.6. The van der Waals surface area contributed by atoms with Crippen molar-refractivity contribution in [2.45, 2.75) is 31.4 Å². The van der Waals surface area contributed by atoms with E-state index in [0.29, 0.717) is 38.9 Å². The number of hydrogen-bond acceptors (Lipinski definition) is 6. The number of hydrogen-bond donors (Lipinski definition) is 1. The summed E-state index contributed by atoms with van der Waals surface area (Å²) >= 11 is 7.32. The maximum atomic E-state index is 14.2.